The lowest BCUT2D eigenvalue weighted by Gasteiger charge is -2.13. The highest BCUT2D eigenvalue weighted by Gasteiger charge is 2.26. The van der Waals surface area contributed by atoms with Crippen LogP contribution in [0.15, 0.2) is 59.4 Å². The van der Waals surface area contributed by atoms with Crippen molar-refractivity contribution in [2.24, 2.45) is 5.73 Å². The third-order valence-corrected chi connectivity index (χ3v) is 5.55. The Morgan fingerprint density at radius 1 is 1.00 bits per heavy atom. The molecule has 3 N–H and O–H groups in total. The molecule has 0 unspecified atom stereocenters. The van der Waals surface area contributed by atoms with Crippen molar-refractivity contribution in [3.8, 4) is 11.4 Å². The second-order valence-electron chi connectivity index (χ2n) is 7.26. The number of nitrogens with two attached hydrogens (primary N) is 1. The molecular weight excluding hydrogens is 455 g/mol. The SMILES string of the molecule is Cl.Cl.Cl.NCCCNCc1c2c(nc3ccccc13)-c1cc3ccccc3c(=O)n1C2. The zero-order chi connectivity index (χ0) is 19.1. The summed E-state index contributed by atoms with van der Waals surface area (Å²) in [6, 6.07) is 18.1. The van der Waals surface area contributed by atoms with E-state index in [1.807, 2.05) is 47.0 Å². The molecule has 2 aromatic heterocycles. The number of hydrogen-bond acceptors (Lipinski definition) is 4. The first-order chi connectivity index (χ1) is 13.8. The minimum atomic E-state index is 0. The Morgan fingerprint density at radius 3 is 2.48 bits per heavy atom. The van der Waals surface area contributed by atoms with E-state index in [9.17, 15) is 4.79 Å². The van der Waals surface area contributed by atoms with Gasteiger partial charge in [0.15, 0.2) is 0 Å². The zero-order valence-electron chi connectivity index (χ0n) is 16.8. The molecule has 8 heteroatoms. The van der Waals surface area contributed by atoms with Gasteiger partial charge in [-0.3, -0.25) is 4.79 Å². The maximum Gasteiger partial charge on any atom is 0.259 e. The third-order valence-electron chi connectivity index (χ3n) is 5.55. The number of aromatic nitrogens is 2. The fraction of sp³-hybridized carbons (Fsp3) is 0.217. The maximum atomic E-state index is 13.1. The van der Waals surface area contributed by atoms with Crippen LogP contribution < -0.4 is 16.6 Å². The van der Waals surface area contributed by atoms with Gasteiger partial charge in [-0.05, 0) is 48.7 Å². The molecule has 0 bridgehead atoms. The molecule has 0 amide bonds. The number of nitrogens with one attached hydrogen (secondary N) is 1. The summed E-state index contributed by atoms with van der Waals surface area (Å²) >= 11 is 0. The van der Waals surface area contributed by atoms with Gasteiger partial charge >= 0.3 is 0 Å². The van der Waals surface area contributed by atoms with Crippen LogP contribution >= 0.6 is 37.2 Å². The number of fused-ring (bicyclic) bond motifs is 5. The van der Waals surface area contributed by atoms with Crippen molar-refractivity contribution in [2.75, 3.05) is 13.1 Å². The summed E-state index contributed by atoms with van der Waals surface area (Å²) < 4.78 is 1.86. The summed E-state index contributed by atoms with van der Waals surface area (Å²) in [5.41, 5.74) is 10.8. The van der Waals surface area contributed by atoms with Crippen LogP contribution in [0, 0.1) is 0 Å². The highest BCUT2D eigenvalue weighted by atomic mass is 35.5. The average molecular weight is 480 g/mol. The molecule has 1 aliphatic heterocycles. The van der Waals surface area contributed by atoms with Crippen molar-refractivity contribution in [3.63, 3.8) is 0 Å². The molecule has 0 atom stereocenters. The number of rotatable bonds is 5. The number of benzene rings is 2. The standard InChI is InChI=1S/C23H22N4O.3ClH/c24-10-5-11-25-13-18-17-8-3-4-9-20(17)26-22-19(18)14-27-21(22)12-15-6-1-2-7-16(15)23(27)28;;;/h1-4,6-9,12,25H,5,10-11,13-14,24H2;3*1H. The quantitative estimate of drug-likeness (QED) is 0.369. The molecule has 5 rings (SSSR count). The molecule has 0 saturated carbocycles. The molecule has 164 valence electrons. The number of hydrogen-bond donors (Lipinski definition) is 2. The van der Waals surface area contributed by atoms with Crippen molar-refractivity contribution in [1.82, 2.24) is 14.9 Å². The molecule has 5 nitrogen and oxygen atoms in total. The predicted molar refractivity (Wildman–Crippen MR) is 135 cm³/mol. The molecule has 2 aromatic carbocycles. The topological polar surface area (TPSA) is 72.9 Å². The number of halogens is 3. The van der Waals surface area contributed by atoms with E-state index in [2.05, 4.69) is 17.4 Å². The van der Waals surface area contributed by atoms with E-state index < -0.39 is 0 Å². The van der Waals surface area contributed by atoms with E-state index in [1.165, 1.54) is 5.56 Å². The summed E-state index contributed by atoms with van der Waals surface area (Å²) in [6.07, 6.45) is 0.941. The summed E-state index contributed by atoms with van der Waals surface area (Å²) in [5.74, 6) is 0. The first-order valence-corrected chi connectivity index (χ1v) is 9.72. The van der Waals surface area contributed by atoms with Gasteiger partial charge in [0.1, 0.15) is 0 Å². The second-order valence-corrected chi connectivity index (χ2v) is 7.26. The lowest BCUT2D eigenvalue weighted by atomic mass is 10.00. The van der Waals surface area contributed by atoms with Crippen molar-refractivity contribution in [3.05, 3.63) is 76.1 Å². The normalized spacial score (nSPS) is 11.3. The van der Waals surface area contributed by atoms with Gasteiger partial charge in [-0.15, -0.1) is 37.2 Å². The van der Waals surface area contributed by atoms with Crippen molar-refractivity contribution in [1.29, 1.82) is 0 Å². The predicted octanol–water partition coefficient (Wildman–Crippen LogP) is 4.28. The van der Waals surface area contributed by atoms with E-state index in [1.54, 1.807) is 0 Å². The van der Waals surface area contributed by atoms with Crippen molar-refractivity contribution < 1.29 is 0 Å². The number of pyridine rings is 2. The molecule has 0 radical (unpaired) electrons. The van der Waals surface area contributed by atoms with E-state index in [0.717, 1.165) is 58.1 Å². The molecule has 0 fully saturated rings. The van der Waals surface area contributed by atoms with Gasteiger partial charge in [-0.25, -0.2) is 4.98 Å². The first kappa shape index (κ1) is 25.1. The fourth-order valence-electron chi connectivity index (χ4n) is 4.15. The third kappa shape index (κ3) is 4.29. The lowest BCUT2D eigenvalue weighted by molar-refractivity contribution is 0.652. The van der Waals surface area contributed by atoms with Crippen LogP contribution in [0.3, 0.4) is 0 Å². The van der Waals surface area contributed by atoms with E-state index >= 15 is 0 Å². The molecule has 0 spiro atoms. The van der Waals surface area contributed by atoms with Gasteiger partial charge in [0.25, 0.3) is 5.56 Å². The lowest BCUT2D eigenvalue weighted by Crippen LogP contribution is -2.20. The molecule has 0 saturated heterocycles. The molecule has 0 aliphatic carbocycles. The summed E-state index contributed by atoms with van der Waals surface area (Å²) in [7, 11) is 0. The maximum absolute atomic E-state index is 13.1. The monoisotopic (exact) mass is 478 g/mol. The minimum absolute atomic E-state index is 0. The Labute approximate surface area is 199 Å². The molecule has 1 aliphatic rings. The van der Waals surface area contributed by atoms with Crippen molar-refractivity contribution in [2.45, 2.75) is 19.5 Å². The number of nitrogens with zero attached hydrogens (tertiary/aromatic N) is 2. The van der Waals surface area contributed by atoms with E-state index in [4.69, 9.17) is 10.7 Å². The Balaban J connectivity index is 0.00000114. The van der Waals surface area contributed by atoms with Crippen molar-refractivity contribution >= 4 is 58.9 Å². The Kier molecular flexibility index (Phi) is 8.46. The summed E-state index contributed by atoms with van der Waals surface area (Å²) in [5, 5.41) is 6.37. The van der Waals surface area contributed by atoms with Crippen LogP contribution in [0.1, 0.15) is 17.5 Å². The molecule has 3 heterocycles. The minimum Gasteiger partial charge on any atom is -0.330 e. The largest absolute Gasteiger partial charge is 0.330 e. The Morgan fingerprint density at radius 2 is 1.71 bits per heavy atom. The van der Waals surface area contributed by atoms with Crippen LogP contribution in [0.2, 0.25) is 0 Å². The van der Waals surface area contributed by atoms with Gasteiger partial charge in [0, 0.05) is 22.9 Å². The van der Waals surface area contributed by atoms with Crippen LogP contribution in [-0.4, -0.2) is 22.6 Å². The van der Waals surface area contributed by atoms with Gasteiger partial charge in [0.05, 0.1) is 23.4 Å². The smallest absolute Gasteiger partial charge is 0.259 e. The Bertz CT molecular complexity index is 1270. The van der Waals surface area contributed by atoms with E-state index in [0.29, 0.717) is 13.1 Å². The van der Waals surface area contributed by atoms with Gasteiger partial charge in [-0.1, -0.05) is 36.4 Å². The van der Waals surface area contributed by atoms with E-state index in [-0.39, 0.29) is 42.8 Å². The Hall–Kier alpha value is -2.15. The van der Waals surface area contributed by atoms with Crippen LogP contribution in [0.5, 0.6) is 0 Å². The molecule has 4 aromatic rings. The summed E-state index contributed by atoms with van der Waals surface area (Å²) in [4.78, 5) is 18.0. The van der Waals surface area contributed by atoms with Gasteiger partial charge in [-0.2, -0.15) is 0 Å². The highest BCUT2D eigenvalue weighted by molar-refractivity contribution is 5.91. The fourth-order valence-corrected chi connectivity index (χ4v) is 4.15. The second kappa shape index (κ2) is 10.4. The average Bonchev–Trinajstić information content (AvgIpc) is 3.09. The van der Waals surface area contributed by atoms with Crippen LogP contribution in [0.25, 0.3) is 33.1 Å². The highest BCUT2D eigenvalue weighted by Crippen LogP contribution is 2.36. The van der Waals surface area contributed by atoms with Gasteiger partial charge < -0.3 is 15.6 Å². The molecule has 31 heavy (non-hydrogen) atoms. The molecular formula is C23H25Cl3N4O. The number of para-hydroxylation sites is 1. The zero-order valence-corrected chi connectivity index (χ0v) is 19.3. The van der Waals surface area contributed by atoms with Crippen LogP contribution in [0.4, 0.5) is 0 Å². The van der Waals surface area contributed by atoms with Crippen LogP contribution in [-0.2, 0) is 13.1 Å². The first-order valence-electron chi connectivity index (χ1n) is 9.72. The van der Waals surface area contributed by atoms with Gasteiger partial charge in [0.2, 0.25) is 0 Å². The summed E-state index contributed by atoms with van der Waals surface area (Å²) in [6.45, 7) is 2.86.